The number of carbonyl (C=O) groups is 1. The molecule has 0 rings (SSSR count). The fourth-order valence-corrected chi connectivity index (χ4v) is 5.73. The molecular weight excluding hydrogens is 611 g/mol. The highest BCUT2D eigenvalue weighted by atomic mass is 31.2. The molecule has 0 aliphatic carbocycles. The third-order valence-electron chi connectivity index (χ3n) is 8.09. The highest BCUT2D eigenvalue weighted by molar-refractivity contribution is 7.45. The summed E-state index contributed by atoms with van der Waals surface area (Å²) in [5.41, 5.74) is 0. The molecule has 2 N–H and O–H groups in total. The van der Waals surface area contributed by atoms with E-state index in [9.17, 15) is 19.4 Å². The van der Waals surface area contributed by atoms with Crippen LogP contribution in [0, 0.1) is 0 Å². The van der Waals surface area contributed by atoms with E-state index < -0.39 is 20.0 Å². The van der Waals surface area contributed by atoms with Crippen LogP contribution in [0.1, 0.15) is 149 Å². The molecule has 0 aromatic rings. The zero-order chi connectivity index (χ0) is 35.1. The Morgan fingerprint density at radius 3 is 1.81 bits per heavy atom. The van der Waals surface area contributed by atoms with E-state index in [1.165, 1.54) is 64.2 Å². The van der Waals surface area contributed by atoms with Crippen molar-refractivity contribution in [1.29, 1.82) is 0 Å². The van der Waals surface area contributed by atoms with E-state index in [2.05, 4.69) is 43.5 Å². The maximum atomic E-state index is 12.7. The Hall–Kier alpha value is -1.28. The summed E-state index contributed by atoms with van der Waals surface area (Å²) >= 11 is 0. The number of unbranched alkanes of at least 4 members (excludes halogenated alkanes) is 16. The van der Waals surface area contributed by atoms with E-state index in [4.69, 9.17) is 9.05 Å². The largest absolute Gasteiger partial charge is 0.756 e. The average Bonchev–Trinajstić information content (AvgIpc) is 3.01. The third kappa shape index (κ3) is 33.0. The number of aliphatic hydroxyl groups is 1. The van der Waals surface area contributed by atoms with Crippen LogP contribution in [0.3, 0.4) is 0 Å². The second-order valence-corrected chi connectivity index (χ2v) is 15.3. The van der Waals surface area contributed by atoms with Crippen molar-refractivity contribution in [2.45, 2.75) is 161 Å². The first kappa shape index (κ1) is 45.7. The number of nitrogens with zero attached hydrogens (tertiary/aromatic N) is 1. The standard InChI is InChI=1S/C38H73N2O6P/c1-6-8-10-12-14-16-18-19-20-21-22-24-26-28-30-32-38(42)39-36(35-46-47(43,44)45-34-33-40(3,4)5)37(41)31-29-27-25-23-17-15-13-11-9-7-2/h14,16,19-20,29,31,36-37,41H,6-13,15,17-18,21-28,30,32-35H2,1-5H3,(H-,39,42,43,44)/b16-14+,20-19+,31-29+/t36-,37+/m0/s1. The highest BCUT2D eigenvalue weighted by Gasteiger charge is 2.23. The molecular formula is C38H73N2O6P. The Bertz CT molecular complexity index is 871. The van der Waals surface area contributed by atoms with Crippen LogP contribution in [0.15, 0.2) is 36.5 Å². The smallest absolute Gasteiger partial charge is 0.268 e. The fraction of sp³-hybridized carbons (Fsp3) is 0.816. The predicted octanol–water partition coefficient (Wildman–Crippen LogP) is 8.94. The van der Waals surface area contributed by atoms with Gasteiger partial charge in [0.05, 0.1) is 39.9 Å². The van der Waals surface area contributed by atoms with Gasteiger partial charge in [0.2, 0.25) is 5.91 Å². The Kier molecular flexibility index (Phi) is 29.9. The molecule has 276 valence electrons. The Balaban J connectivity index is 4.55. The minimum Gasteiger partial charge on any atom is -0.756 e. The molecule has 0 bridgehead atoms. The summed E-state index contributed by atoms with van der Waals surface area (Å²) < 4.78 is 23.0. The van der Waals surface area contributed by atoms with E-state index in [0.717, 1.165) is 64.2 Å². The van der Waals surface area contributed by atoms with Gasteiger partial charge in [0.1, 0.15) is 13.2 Å². The van der Waals surface area contributed by atoms with Crippen LogP contribution >= 0.6 is 7.82 Å². The first-order chi connectivity index (χ1) is 22.5. The summed E-state index contributed by atoms with van der Waals surface area (Å²) in [5.74, 6) is -0.216. The lowest BCUT2D eigenvalue weighted by atomic mass is 10.1. The van der Waals surface area contributed by atoms with Crippen LogP contribution < -0.4 is 10.2 Å². The van der Waals surface area contributed by atoms with E-state index in [-0.39, 0.29) is 19.1 Å². The fourth-order valence-electron chi connectivity index (χ4n) is 5.00. The van der Waals surface area contributed by atoms with Crippen molar-refractivity contribution in [3.63, 3.8) is 0 Å². The molecule has 0 saturated heterocycles. The maximum absolute atomic E-state index is 12.7. The van der Waals surface area contributed by atoms with Gasteiger partial charge in [0.25, 0.3) is 7.82 Å². The zero-order valence-electron chi connectivity index (χ0n) is 31.0. The summed E-state index contributed by atoms with van der Waals surface area (Å²) in [7, 11) is 1.24. The summed E-state index contributed by atoms with van der Waals surface area (Å²) in [6, 6.07) is -0.889. The minimum atomic E-state index is -4.58. The molecule has 3 atom stereocenters. The van der Waals surface area contributed by atoms with Crippen molar-refractivity contribution < 1.29 is 32.9 Å². The molecule has 0 aliphatic heterocycles. The van der Waals surface area contributed by atoms with E-state index in [1.54, 1.807) is 6.08 Å². The van der Waals surface area contributed by atoms with Crippen molar-refractivity contribution in [2.24, 2.45) is 0 Å². The number of aliphatic hydroxyl groups excluding tert-OH is 1. The lowest BCUT2D eigenvalue weighted by Gasteiger charge is -2.29. The number of rotatable bonds is 33. The molecule has 0 aliphatic rings. The molecule has 0 radical (unpaired) electrons. The first-order valence-electron chi connectivity index (χ1n) is 18.9. The van der Waals surface area contributed by atoms with Gasteiger partial charge in [0.15, 0.2) is 0 Å². The predicted molar refractivity (Wildman–Crippen MR) is 196 cm³/mol. The van der Waals surface area contributed by atoms with Crippen LogP contribution in [0.2, 0.25) is 0 Å². The number of phosphoric acid groups is 1. The molecule has 0 saturated carbocycles. The van der Waals surface area contributed by atoms with Gasteiger partial charge in [-0.1, -0.05) is 127 Å². The highest BCUT2D eigenvalue weighted by Crippen LogP contribution is 2.38. The molecule has 0 aromatic heterocycles. The van der Waals surface area contributed by atoms with Crippen LogP contribution in [0.25, 0.3) is 0 Å². The van der Waals surface area contributed by atoms with Crippen molar-refractivity contribution in [1.82, 2.24) is 5.32 Å². The topological polar surface area (TPSA) is 108 Å². The van der Waals surface area contributed by atoms with Gasteiger partial charge in [-0.2, -0.15) is 0 Å². The maximum Gasteiger partial charge on any atom is 0.268 e. The van der Waals surface area contributed by atoms with E-state index >= 15 is 0 Å². The lowest BCUT2D eigenvalue weighted by Crippen LogP contribution is -2.45. The Morgan fingerprint density at radius 2 is 1.23 bits per heavy atom. The van der Waals surface area contributed by atoms with Gasteiger partial charge in [-0.3, -0.25) is 9.36 Å². The number of hydrogen-bond acceptors (Lipinski definition) is 6. The number of nitrogens with one attached hydrogen (secondary N) is 1. The van der Waals surface area contributed by atoms with E-state index in [1.807, 2.05) is 27.2 Å². The van der Waals surface area contributed by atoms with Crippen molar-refractivity contribution in [3.05, 3.63) is 36.5 Å². The molecule has 1 unspecified atom stereocenters. The van der Waals surface area contributed by atoms with Crippen molar-refractivity contribution >= 4 is 13.7 Å². The summed E-state index contributed by atoms with van der Waals surface area (Å²) in [6.45, 7) is 4.55. The first-order valence-corrected chi connectivity index (χ1v) is 20.3. The quantitative estimate of drug-likeness (QED) is 0.0309. The van der Waals surface area contributed by atoms with Gasteiger partial charge < -0.3 is 28.8 Å². The van der Waals surface area contributed by atoms with Crippen LogP contribution in [-0.2, 0) is 18.4 Å². The Morgan fingerprint density at radius 1 is 0.745 bits per heavy atom. The van der Waals surface area contributed by atoms with E-state index in [0.29, 0.717) is 17.4 Å². The molecule has 47 heavy (non-hydrogen) atoms. The number of amides is 1. The van der Waals surface area contributed by atoms with Gasteiger partial charge >= 0.3 is 0 Å². The number of hydrogen-bond donors (Lipinski definition) is 2. The average molecular weight is 685 g/mol. The second kappa shape index (κ2) is 30.8. The molecule has 8 nitrogen and oxygen atoms in total. The Labute approximate surface area is 289 Å². The van der Waals surface area contributed by atoms with Gasteiger partial charge in [-0.05, 0) is 51.4 Å². The normalized spacial score (nSPS) is 15.1. The molecule has 1 amide bonds. The number of phosphoric ester groups is 1. The number of quaternary nitrogens is 1. The SMILES string of the molecule is CCCCC/C=C/C/C=C/CCCCCCCC(=O)N[C@@H](COP(=O)([O-])OCC[N+](C)(C)C)[C@H](O)/C=C/CCCCCCCCCC. The zero-order valence-corrected chi connectivity index (χ0v) is 31.9. The number of carbonyl (C=O) groups excluding carboxylic acids is 1. The number of allylic oxidation sites excluding steroid dienone is 5. The third-order valence-corrected chi connectivity index (χ3v) is 9.06. The van der Waals surface area contributed by atoms with Crippen molar-refractivity contribution in [2.75, 3.05) is 40.9 Å². The van der Waals surface area contributed by atoms with Gasteiger partial charge in [-0.15, -0.1) is 0 Å². The van der Waals surface area contributed by atoms with Crippen molar-refractivity contribution in [3.8, 4) is 0 Å². The lowest BCUT2D eigenvalue weighted by molar-refractivity contribution is -0.870. The second-order valence-electron chi connectivity index (χ2n) is 13.9. The molecule has 0 fully saturated rings. The van der Waals surface area contributed by atoms with Crippen LogP contribution in [0.4, 0.5) is 0 Å². The van der Waals surface area contributed by atoms with Gasteiger partial charge in [0, 0.05) is 6.42 Å². The van der Waals surface area contributed by atoms with Crippen LogP contribution in [0.5, 0.6) is 0 Å². The summed E-state index contributed by atoms with van der Waals surface area (Å²) in [6.07, 6.45) is 34.7. The summed E-state index contributed by atoms with van der Waals surface area (Å²) in [5, 5.41) is 13.6. The molecule has 0 aromatic carbocycles. The minimum absolute atomic E-state index is 0.00477. The number of likely N-dealkylation sites (N-methyl/N-ethyl adjacent to an activating group) is 1. The van der Waals surface area contributed by atoms with Crippen LogP contribution in [-0.4, -0.2) is 68.5 Å². The molecule has 9 heteroatoms. The molecule has 0 spiro atoms. The van der Waals surface area contributed by atoms with Gasteiger partial charge in [-0.25, -0.2) is 0 Å². The monoisotopic (exact) mass is 685 g/mol. The molecule has 0 heterocycles. The summed E-state index contributed by atoms with van der Waals surface area (Å²) in [4.78, 5) is 25.1.